The fourth-order valence-electron chi connectivity index (χ4n) is 2.44. The predicted molar refractivity (Wildman–Crippen MR) is 89.8 cm³/mol. The highest BCUT2D eigenvalue weighted by Gasteiger charge is 2.31. The summed E-state index contributed by atoms with van der Waals surface area (Å²) in [7, 11) is -3.30. The molecule has 0 saturated carbocycles. The van der Waals surface area contributed by atoms with Crippen LogP contribution < -0.4 is 11.1 Å². The molecule has 1 aromatic rings. The Kier molecular flexibility index (Phi) is 7.24. The first kappa shape index (κ1) is 21.7. The number of rotatable bonds is 5. The summed E-state index contributed by atoms with van der Waals surface area (Å²) in [5.74, 6) is -0.498. The van der Waals surface area contributed by atoms with Gasteiger partial charge in [0.2, 0.25) is 15.9 Å². The van der Waals surface area contributed by atoms with E-state index in [0.29, 0.717) is 13.0 Å². The van der Waals surface area contributed by atoms with Crippen molar-refractivity contribution in [2.24, 2.45) is 5.73 Å². The van der Waals surface area contributed by atoms with E-state index in [1.54, 1.807) is 0 Å². The number of benzene rings is 1. The van der Waals surface area contributed by atoms with Gasteiger partial charge in [-0.1, -0.05) is 0 Å². The molecule has 0 spiro atoms. The number of nitrogens with zero attached hydrogens (tertiary/aromatic N) is 1. The number of anilines is 1. The first-order chi connectivity index (χ1) is 11.1. The number of hydrogen-bond acceptors (Lipinski definition) is 4. The molecule has 0 radical (unpaired) electrons. The van der Waals surface area contributed by atoms with E-state index in [4.69, 9.17) is 5.73 Å². The Labute approximate surface area is 150 Å². The van der Waals surface area contributed by atoms with Gasteiger partial charge in [0.15, 0.2) is 0 Å². The van der Waals surface area contributed by atoms with Gasteiger partial charge < -0.3 is 11.1 Å². The summed E-state index contributed by atoms with van der Waals surface area (Å²) in [6.07, 6.45) is -4.17. The number of nitrogens with one attached hydrogen (secondary N) is 1. The number of carbonyl (C=O) groups excluding carboxylic acids is 1. The zero-order valence-corrected chi connectivity index (χ0v) is 14.8. The number of nitrogens with two attached hydrogens (primary N) is 1. The first-order valence-corrected chi connectivity index (χ1v) is 8.91. The molecule has 0 aromatic heterocycles. The van der Waals surface area contributed by atoms with Crippen LogP contribution in [0.25, 0.3) is 0 Å². The molecule has 142 valence electrons. The van der Waals surface area contributed by atoms with Gasteiger partial charge in [0.25, 0.3) is 0 Å². The molecule has 0 bridgehead atoms. The molecule has 11 heteroatoms. The quantitative estimate of drug-likeness (QED) is 0.788. The van der Waals surface area contributed by atoms with Crippen LogP contribution in [0.5, 0.6) is 0 Å². The van der Waals surface area contributed by atoms with Crippen LogP contribution in [-0.4, -0.2) is 37.5 Å². The van der Waals surface area contributed by atoms with Crippen molar-refractivity contribution in [2.45, 2.75) is 25.6 Å². The van der Waals surface area contributed by atoms with Gasteiger partial charge in [-0.25, -0.2) is 12.7 Å². The van der Waals surface area contributed by atoms with Gasteiger partial charge in [-0.05, 0) is 30.2 Å². The van der Waals surface area contributed by atoms with Gasteiger partial charge in [-0.2, -0.15) is 13.2 Å². The Balaban J connectivity index is 0.00000312. The molecule has 1 fully saturated rings. The second kappa shape index (κ2) is 8.35. The van der Waals surface area contributed by atoms with E-state index >= 15 is 0 Å². The summed E-state index contributed by atoms with van der Waals surface area (Å²) in [6.45, 7) is 0.270. The van der Waals surface area contributed by atoms with Crippen molar-refractivity contribution in [3.05, 3.63) is 29.3 Å². The van der Waals surface area contributed by atoms with Crippen LogP contribution in [0.3, 0.4) is 0 Å². The van der Waals surface area contributed by atoms with Crippen molar-refractivity contribution in [3.8, 4) is 0 Å². The summed E-state index contributed by atoms with van der Waals surface area (Å²) >= 11 is 0. The van der Waals surface area contributed by atoms with Crippen LogP contribution >= 0.6 is 12.4 Å². The highest BCUT2D eigenvalue weighted by atomic mass is 35.5. The van der Waals surface area contributed by atoms with E-state index in [9.17, 15) is 26.4 Å². The molecule has 3 N–H and O–H groups in total. The molecule has 0 atom stereocenters. The number of halogens is 4. The molecule has 1 aliphatic heterocycles. The molecular formula is C14H19ClF3N3O3S. The van der Waals surface area contributed by atoms with Gasteiger partial charge in [0, 0.05) is 31.7 Å². The summed E-state index contributed by atoms with van der Waals surface area (Å²) < 4.78 is 63.0. The molecule has 0 unspecified atom stereocenters. The summed E-state index contributed by atoms with van der Waals surface area (Å²) in [5, 5.41) is 2.36. The monoisotopic (exact) mass is 401 g/mol. The fraction of sp³-hybridized carbons (Fsp3) is 0.500. The Morgan fingerprint density at radius 2 is 1.96 bits per heavy atom. The fourth-order valence-corrected chi connectivity index (χ4v) is 3.97. The number of hydrogen-bond donors (Lipinski definition) is 2. The maximum atomic E-state index is 12.8. The number of amides is 1. The van der Waals surface area contributed by atoms with Crippen LogP contribution in [0.4, 0.5) is 18.9 Å². The van der Waals surface area contributed by atoms with Crippen LogP contribution in [0.15, 0.2) is 18.2 Å². The average molecular weight is 402 g/mol. The highest BCUT2D eigenvalue weighted by Crippen LogP contribution is 2.32. The molecule has 1 aliphatic rings. The third-order valence-electron chi connectivity index (χ3n) is 3.63. The van der Waals surface area contributed by atoms with Crippen molar-refractivity contribution >= 4 is 34.0 Å². The number of sulfonamides is 1. The smallest absolute Gasteiger partial charge is 0.326 e. The van der Waals surface area contributed by atoms with Gasteiger partial charge >= 0.3 is 6.18 Å². The molecule has 2 rings (SSSR count). The Morgan fingerprint density at radius 1 is 1.28 bits per heavy atom. The van der Waals surface area contributed by atoms with E-state index in [1.807, 2.05) is 0 Å². The molecule has 1 aromatic carbocycles. The average Bonchev–Trinajstić information content (AvgIpc) is 2.82. The topological polar surface area (TPSA) is 92.5 Å². The SMILES string of the molecule is Cl.NCc1cc(NC(=O)CCN2CCCS2(=O)=O)cc(C(F)(F)F)c1. The maximum Gasteiger partial charge on any atom is 0.416 e. The molecule has 1 heterocycles. The number of carbonyl (C=O) groups is 1. The standard InChI is InChI=1S/C14H18F3N3O3S.ClH/c15-14(16,17)11-6-10(9-18)7-12(8-11)19-13(21)2-4-20-3-1-5-24(20,22)23;/h6-8H,1-5,9,18H2,(H,19,21);1H. The van der Waals surface area contributed by atoms with Gasteiger partial charge in [0.05, 0.1) is 11.3 Å². The van der Waals surface area contributed by atoms with Crippen LogP contribution in [0.1, 0.15) is 24.0 Å². The molecule has 1 amide bonds. The lowest BCUT2D eigenvalue weighted by Crippen LogP contribution is -2.29. The van der Waals surface area contributed by atoms with Gasteiger partial charge in [-0.15, -0.1) is 12.4 Å². The van der Waals surface area contributed by atoms with E-state index in [-0.39, 0.29) is 48.9 Å². The Bertz CT molecular complexity index is 726. The minimum absolute atomic E-state index is 0. The zero-order valence-electron chi connectivity index (χ0n) is 13.2. The maximum absolute atomic E-state index is 12.8. The van der Waals surface area contributed by atoms with Gasteiger partial charge in [-0.3, -0.25) is 4.79 Å². The normalized spacial score (nSPS) is 17.1. The molecule has 1 saturated heterocycles. The molecular weight excluding hydrogens is 383 g/mol. The lowest BCUT2D eigenvalue weighted by molar-refractivity contribution is -0.137. The number of alkyl halides is 3. The Morgan fingerprint density at radius 3 is 2.48 bits per heavy atom. The predicted octanol–water partition coefficient (Wildman–Crippen LogP) is 1.95. The largest absolute Gasteiger partial charge is 0.416 e. The summed E-state index contributed by atoms with van der Waals surface area (Å²) in [5.41, 5.74) is 4.70. The van der Waals surface area contributed by atoms with E-state index < -0.39 is 27.7 Å². The van der Waals surface area contributed by atoms with Gasteiger partial charge in [0.1, 0.15) is 0 Å². The first-order valence-electron chi connectivity index (χ1n) is 7.31. The second-order valence-electron chi connectivity index (χ2n) is 5.49. The van der Waals surface area contributed by atoms with Crippen molar-refractivity contribution in [1.29, 1.82) is 0 Å². The minimum atomic E-state index is -4.55. The van der Waals surface area contributed by atoms with E-state index in [0.717, 1.165) is 12.1 Å². The molecule has 6 nitrogen and oxygen atoms in total. The third-order valence-corrected chi connectivity index (χ3v) is 5.59. The van der Waals surface area contributed by atoms with E-state index in [1.165, 1.54) is 10.4 Å². The lowest BCUT2D eigenvalue weighted by Gasteiger charge is -2.15. The van der Waals surface area contributed by atoms with Crippen LogP contribution in [0.2, 0.25) is 0 Å². The summed E-state index contributed by atoms with van der Waals surface area (Å²) in [4.78, 5) is 11.9. The highest BCUT2D eigenvalue weighted by molar-refractivity contribution is 7.89. The van der Waals surface area contributed by atoms with Crippen molar-refractivity contribution in [1.82, 2.24) is 4.31 Å². The Hall–Kier alpha value is -1.36. The zero-order chi connectivity index (χ0) is 18.0. The molecule has 25 heavy (non-hydrogen) atoms. The van der Waals surface area contributed by atoms with Crippen molar-refractivity contribution in [3.63, 3.8) is 0 Å². The summed E-state index contributed by atoms with van der Waals surface area (Å²) in [6, 6.07) is 3.11. The third kappa shape index (κ3) is 5.84. The van der Waals surface area contributed by atoms with Crippen LogP contribution in [0, 0.1) is 0 Å². The minimum Gasteiger partial charge on any atom is -0.326 e. The van der Waals surface area contributed by atoms with Crippen molar-refractivity contribution in [2.75, 3.05) is 24.2 Å². The van der Waals surface area contributed by atoms with Crippen molar-refractivity contribution < 1.29 is 26.4 Å². The van der Waals surface area contributed by atoms with Crippen LogP contribution in [-0.2, 0) is 27.5 Å². The molecule has 0 aliphatic carbocycles. The second-order valence-corrected chi connectivity index (χ2v) is 7.58. The van der Waals surface area contributed by atoms with E-state index in [2.05, 4.69) is 5.32 Å². The lowest BCUT2D eigenvalue weighted by atomic mass is 10.1.